The highest BCUT2D eigenvalue weighted by Crippen LogP contribution is 2.34. The second-order valence-corrected chi connectivity index (χ2v) is 32.4. The van der Waals surface area contributed by atoms with Crippen molar-refractivity contribution < 1.29 is 4.39 Å². The first-order chi connectivity index (χ1) is 60.9. The molecule has 634 valence electrons. The standard InChI is InChI=1S/C27H27N7.C25H26N6.C25H29N5.C24H26FN5/c1-3-18(2)23-15-31-27-26(28-12-11-19-14-29-21-9-5-4-8-20(19)21)32-22(17-34(23)27)24-16-30-25-10-6-7-13-33(24)25;1-5-18(3)23-15-29-25-24(28-11-10-19-8-6-17(2)7-9-19)30-22(16-31(23)25)20-12-21(26-4)14-27-13-20;1-5-19(4)23-15-28-25-24(27-11-10-20-8-6-17(2)7-9-20)29-22(16-30(23)25)21-12-18(3)13-26-14-21;1-4-17(3)22-14-28-24-23(27-10-9-18-7-5-16(2)6-8-18)29-21(15-30(22)24)19-11-20(25)13-26-12-19/h4-10,13-18,29H,3,11-12H2,1-2H3,(H,28,32);6-9,12-16,18H,5,10-11H2,1-3H3,(H,28,30);6-9,12-16,19H,5,10-11H2,1-4H3,(H,27,29);5-8,11-15,17H,4,9-10H2,1-3H3,(H,27,29). The smallest absolute Gasteiger partial charge is 0.205 e. The average Bonchev–Trinajstić information content (AvgIpc) is 1.83. The van der Waals surface area contributed by atoms with E-state index in [-0.39, 0.29) is 5.82 Å². The second kappa shape index (κ2) is 39.7. The zero-order valence-electron chi connectivity index (χ0n) is 73.2. The maximum Gasteiger partial charge on any atom is 0.205 e. The highest BCUT2D eigenvalue weighted by molar-refractivity contribution is 5.83. The van der Waals surface area contributed by atoms with Crippen LogP contribution in [0, 0.1) is 40.1 Å². The minimum absolute atomic E-state index is 0.348. The Morgan fingerprint density at radius 3 is 1.22 bits per heavy atom. The van der Waals surface area contributed by atoms with E-state index in [2.05, 4.69) is 288 Å². The average molecular weight is 1660 g/mol. The molecule has 4 aromatic carbocycles. The largest absolute Gasteiger partial charge is 0.367 e. The van der Waals surface area contributed by atoms with Crippen LogP contribution in [0.5, 0.6) is 0 Å². The lowest BCUT2D eigenvalue weighted by Gasteiger charge is -2.13. The van der Waals surface area contributed by atoms with Crippen LogP contribution in [0.3, 0.4) is 0 Å². The molecule has 4 atom stereocenters. The topological polar surface area (TPSA) is 245 Å². The Labute approximate surface area is 729 Å². The molecule has 0 saturated carbocycles. The fourth-order valence-corrected chi connectivity index (χ4v) is 15.2. The van der Waals surface area contributed by atoms with E-state index in [0.717, 1.165) is 174 Å². The molecule has 23 nitrogen and oxygen atoms in total. The molecule has 14 heterocycles. The fourth-order valence-electron chi connectivity index (χ4n) is 15.2. The molecule has 0 spiro atoms. The molecule has 5 N–H and O–H groups in total. The van der Waals surface area contributed by atoms with E-state index in [1.807, 2.05) is 86.2 Å². The van der Waals surface area contributed by atoms with Crippen molar-refractivity contribution in [1.29, 1.82) is 0 Å². The van der Waals surface area contributed by atoms with E-state index < -0.39 is 0 Å². The lowest BCUT2D eigenvalue weighted by Crippen LogP contribution is -2.10. The molecular formula is C101H108FN23. The highest BCUT2D eigenvalue weighted by atomic mass is 19.1. The number of hydrogen-bond acceptors (Lipinski definition) is 16. The number of imidazole rings is 5. The van der Waals surface area contributed by atoms with Crippen molar-refractivity contribution in [1.82, 2.24) is 86.8 Å². The Morgan fingerprint density at radius 1 is 0.392 bits per heavy atom. The molecule has 18 rings (SSSR count). The normalized spacial score (nSPS) is 12.3. The number of aryl methyl sites for hydroxylation is 4. The number of aromatic nitrogens is 18. The number of aromatic amines is 1. The molecule has 0 bridgehead atoms. The lowest BCUT2D eigenvalue weighted by molar-refractivity contribution is 0.622. The van der Waals surface area contributed by atoms with Crippen molar-refractivity contribution in [2.75, 3.05) is 47.4 Å². The fraction of sp³-hybridized carbons (Fsp3) is 0.277. The summed E-state index contributed by atoms with van der Waals surface area (Å²) in [6.45, 7) is 36.3. The summed E-state index contributed by atoms with van der Waals surface area (Å²) in [4.78, 5) is 62.3. The number of anilines is 4. The van der Waals surface area contributed by atoms with Crippen LogP contribution in [-0.4, -0.2) is 113 Å². The third kappa shape index (κ3) is 20.1. The summed E-state index contributed by atoms with van der Waals surface area (Å²) in [6, 6.07) is 45.6. The molecule has 0 aliphatic rings. The Hall–Kier alpha value is -14.3. The Kier molecular flexibility index (Phi) is 27.2. The molecule has 125 heavy (non-hydrogen) atoms. The summed E-state index contributed by atoms with van der Waals surface area (Å²) in [5.41, 5.74) is 27.3. The molecular weight excluding hydrogens is 1550 g/mol. The van der Waals surface area contributed by atoms with Gasteiger partial charge in [-0.1, -0.05) is 169 Å². The quantitative estimate of drug-likeness (QED) is 0.0286. The number of rotatable bonds is 28. The van der Waals surface area contributed by atoms with E-state index in [9.17, 15) is 4.39 Å². The summed E-state index contributed by atoms with van der Waals surface area (Å²) in [5.74, 6) is 4.20. The summed E-state index contributed by atoms with van der Waals surface area (Å²) < 4.78 is 24.4. The first kappa shape index (κ1) is 85.6. The van der Waals surface area contributed by atoms with Gasteiger partial charge in [-0.2, -0.15) is 0 Å². The molecule has 4 unspecified atom stereocenters. The summed E-state index contributed by atoms with van der Waals surface area (Å²) in [7, 11) is 0. The Balaban J connectivity index is 0.000000129. The zero-order valence-corrected chi connectivity index (χ0v) is 73.2. The summed E-state index contributed by atoms with van der Waals surface area (Å²) >= 11 is 0. The Bertz CT molecular complexity index is 6560. The maximum atomic E-state index is 13.8. The van der Waals surface area contributed by atoms with E-state index in [1.54, 1.807) is 18.6 Å². The van der Waals surface area contributed by atoms with Crippen LogP contribution in [0.15, 0.2) is 239 Å². The van der Waals surface area contributed by atoms with Gasteiger partial charge < -0.3 is 26.3 Å². The van der Waals surface area contributed by atoms with Crippen molar-refractivity contribution in [3.05, 3.63) is 323 Å². The van der Waals surface area contributed by atoms with Gasteiger partial charge in [0.05, 0.1) is 41.7 Å². The van der Waals surface area contributed by atoms with Gasteiger partial charge in [0.15, 0.2) is 45.9 Å². The molecule has 14 aromatic heterocycles. The van der Waals surface area contributed by atoms with Gasteiger partial charge in [-0.05, 0) is 167 Å². The predicted molar refractivity (Wildman–Crippen MR) is 502 cm³/mol. The van der Waals surface area contributed by atoms with Crippen LogP contribution in [0.25, 0.3) is 89.1 Å². The van der Waals surface area contributed by atoms with Gasteiger partial charge in [0.25, 0.3) is 0 Å². The predicted octanol–water partition coefficient (Wildman–Crippen LogP) is 22.5. The van der Waals surface area contributed by atoms with Gasteiger partial charge >= 0.3 is 0 Å². The third-order valence-corrected chi connectivity index (χ3v) is 23.4. The second-order valence-electron chi connectivity index (χ2n) is 32.4. The zero-order chi connectivity index (χ0) is 87.0. The van der Waals surface area contributed by atoms with Crippen LogP contribution in [0.1, 0.15) is 172 Å². The molecule has 18 aromatic rings. The SMILES string of the molecule is CCC(C)c1cnc2c(NCCc3c[nH]c4ccccc34)nc(-c3cnc4ccccn34)cn12.CCC(C)c1cnc2c(NCCc3ccc(C)cc3)nc(-c3cncc(C)c3)cn12.CCC(C)c1cnc2c(NCCc3ccc(C)cc3)nc(-c3cncc(F)c3)cn12.[C-]#[N+]c1cncc(-c2cn3c(C(C)CC)cnc3c(NCCc3ccc(C)cc3)n2)c1. The van der Waals surface area contributed by atoms with Crippen LogP contribution in [0.2, 0.25) is 0 Å². The van der Waals surface area contributed by atoms with E-state index in [4.69, 9.17) is 36.5 Å². The van der Waals surface area contributed by atoms with Gasteiger partial charge in [-0.15, -0.1) is 0 Å². The number of halogens is 1. The number of nitrogens with zero attached hydrogens (tertiary/aromatic N) is 18. The van der Waals surface area contributed by atoms with E-state index in [1.165, 1.54) is 73.5 Å². The highest BCUT2D eigenvalue weighted by Gasteiger charge is 2.23. The number of nitrogens with one attached hydrogen (secondary N) is 5. The summed E-state index contributed by atoms with van der Waals surface area (Å²) in [5, 5.41) is 15.3. The van der Waals surface area contributed by atoms with Gasteiger partial charge in [0.2, 0.25) is 5.69 Å². The minimum Gasteiger partial charge on any atom is -0.367 e. The van der Waals surface area contributed by atoms with Gasteiger partial charge in [0, 0.05) is 170 Å². The van der Waals surface area contributed by atoms with E-state index in [0.29, 0.717) is 46.4 Å². The minimum atomic E-state index is -0.379. The van der Waals surface area contributed by atoms with Gasteiger partial charge in [-0.3, -0.25) is 37.0 Å². The van der Waals surface area contributed by atoms with Crippen LogP contribution >= 0.6 is 0 Å². The number of fused-ring (bicyclic) bond motifs is 6. The summed E-state index contributed by atoms with van der Waals surface area (Å²) in [6.07, 6.45) is 39.5. The first-order valence-electron chi connectivity index (χ1n) is 43.4. The molecule has 0 radical (unpaired) electrons. The first-order valence-corrected chi connectivity index (χ1v) is 43.4. The van der Waals surface area contributed by atoms with Crippen molar-refractivity contribution in [2.24, 2.45) is 0 Å². The number of H-pyrrole nitrogens is 1. The van der Waals surface area contributed by atoms with Crippen molar-refractivity contribution in [3.8, 4) is 45.2 Å². The molecule has 0 amide bonds. The molecule has 24 heteroatoms. The van der Waals surface area contributed by atoms with Crippen LogP contribution < -0.4 is 21.3 Å². The van der Waals surface area contributed by atoms with Gasteiger partial charge in [-0.25, -0.2) is 54.1 Å². The van der Waals surface area contributed by atoms with Crippen molar-refractivity contribution in [2.45, 2.75) is 158 Å². The maximum absolute atomic E-state index is 13.8. The number of pyridine rings is 4. The monoisotopic (exact) mass is 1660 g/mol. The molecule has 0 fully saturated rings. The molecule has 0 aliphatic carbocycles. The van der Waals surface area contributed by atoms with Crippen molar-refractivity contribution >= 4 is 68.1 Å². The van der Waals surface area contributed by atoms with Crippen molar-refractivity contribution in [3.63, 3.8) is 0 Å². The number of hydrogen-bond donors (Lipinski definition) is 5. The van der Waals surface area contributed by atoms with E-state index >= 15 is 0 Å². The lowest BCUT2D eigenvalue weighted by atomic mass is 10.1. The number of benzene rings is 4. The Morgan fingerprint density at radius 2 is 0.784 bits per heavy atom. The number of para-hydroxylation sites is 1. The van der Waals surface area contributed by atoms with Crippen LogP contribution in [0.4, 0.5) is 33.3 Å². The van der Waals surface area contributed by atoms with Gasteiger partial charge in [0.1, 0.15) is 17.2 Å². The molecule has 0 saturated heterocycles. The van der Waals surface area contributed by atoms with Crippen LogP contribution in [-0.2, 0) is 25.7 Å². The molecule has 0 aliphatic heterocycles. The third-order valence-electron chi connectivity index (χ3n) is 23.4.